The van der Waals surface area contributed by atoms with E-state index in [1.807, 2.05) is 12.1 Å². The summed E-state index contributed by atoms with van der Waals surface area (Å²) < 4.78 is 5.39. The van der Waals surface area contributed by atoms with E-state index in [9.17, 15) is 0 Å². The molecule has 1 aliphatic heterocycles. The molecule has 2 N–H and O–H groups in total. The number of benzene rings is 2. The number of nitrogens with zero attached hydrogens (tertiary/aromatic N) is 2. The van der Waals surface area contributed by atoms with Crippen LogP contribution in [0.5, 0.6) is 0 Å². The summed E-state index contributed by atoms with van der Waals surface area (Å²) in [7, 11) is 0. The van der Waals surface area contributed by atoms with Crippen LogP contribution in [0.3, 0.4) is 0 Å². The van der Waals surface area contributed by atoms with Crippen LogP contribution in [0.1, 0.15) is 16.7 Å². The van der Waals surface area contributed by atoms with Gasteiger partial charge in [-0.2, -0.15) is 5.10 Å². The summed E-state index contributed by atoms with van der Waals surface area (Å²) in [5, 5.41) is 7.87. The predicted octanol–water partition coefficient (Wildman–Crippen LogP) is 3.46. The van der Waals surface area contributed by atoms with Gasteiger partial charge in [0, 0.05) is 24.5 Å². The summed E-state index contributed by atoms with van der Waals surface area (Å²) in [6.07, 6.45) is 1.76. The number of nitrogens with one attached hydrogen (secondary N) is 2. The fourth-order valence-corrected chi connectivity index (χ4v) is 2.96. The Morgan fingerprint density at radius 2 is 1.85 bits per heavy atom. The summed E-state index contributed by atoms with van der Waals surface area (Å²) in [4.78, 5) is 2.33. The topological polar surface area (TPSA) is 48.9 Å². The van der Waals surface area contributed by atoms with E-state index < -0.39 is 0 Å². The summed E-state index contributed by atoms with van der Waals surface area (Å²) in [5.41, 5.74) is 8.50. The molecule has 0 spiro atoms. The maximum atomic E-state index is 5.39. The number of aryl methyl sites for hydroxylation is 1. The van der Waals surface area contributed by atoms with Gasteiger partial charge in [-0.25, -0.2) is 0 Å². The Balaban J connectivity index is 1.53. The highest BCUT2D eigenvalue weighted by atomic mass is 32.1. The van der Waals surface area contributed by atoms with Crippen molar-refractivity contribution in [1.82, 2.24) is 5.43 Å². The third-order valence-electron chi connectivity index (χ3n) is 4.50. The van der Waals surface area contributed by atoms with Gasteiger partial charge < -0.3 is 15.0 Å². The highest BCUT2D eigenvalue weighted by molar-refractivity contribution is 7.80. The first-order valence-electron chi connectivity index (χ1n) is 8.72. The minimum absolute atomic E-state index is 0.472. The van der Waals surface area contributed by atoms with Gasteiger partial charge in [0.15, 0.2) is 5.11 Å². The highest BCUT2D eigenvalue weighted by Gasteiger charge is 2.10. The molecule has 0 saturated carbocycles. The maximum absolute atomic E-state index is 5.39. The van der Waals surface area contributed by atoms with Crippen LogP contribution < -0.4 is 15.6 Å². The van der Waals surface area contributed by atoms with Crippen LogP contribution in [-0.2, 0) is 4.74 Å². The standard InChI is InChI=1S/C20H24N4OS/c1-15-4-3-5-19(16(15)2)22-20(26)23-21-14-17-6-8-18(9-7-17)24-10-12-25-13-11-24/h3-9,14H,10-13H2,1-2H3,(H2,22,23,26). The second-order valence-electron chi connectivity index (χ2n) is 6.26. The van der Waals surface area contributed by atoms with Crippen LogP contribution in [0.25, 0.3) is 0 Å². The Morgan fingerprint density at radius 1 is 1.12 bits per heavy atom. The molecule has 1 aliphatic rings. The summed E-state index contributed by atoms with van der Waals surface area (Å²) >= 11 is 5.31. The van der Waals surface area contributed by atoms with Crippen LogP contribution in [0.15, 0.2) is 47.6 Å². The molecule has 136 valence electrons. The van der Waals surface area contributed by atoms with Crippen molar-refractivity contribution in [1.29, 1.82) is 0 Å². The minimum atomic E-state index is 0.472. The number of hydrogen-bond donors (Lipinski definition) is 2. The van der Waals surface area contributed by atoms with Gasteiger partial charge in [0.1, 0.15) is 0 Å². The number of hydrazone groups is 1. The average Bonchev–Trinajstić information content (AvgIpc) is 2.67. The molecule has 2 aromatic carbocycles. The lowest BCUT2D eigenvalue weighted by atomic mass is 10.1. The van der Waals surface area contributed by atoms with Crippen molar-refractivity contribution in [2.24, 2.45) is 5.10 Å². The van der Waals surface area contributed by atoms with Crippen molar-refractivity contribution < 1.29 is 4.74 Å². The van der Waals surface area contributed by atoms with E-state index in [1.165, 1.54) is 16.8 Å². The predicted molar refractivity (Wildman–Crippen MR) is 112 cm³/mol. The van der Waals surface area contributed by atoms with E-state index in [1.54, 1.807) is 6.21 Å². The van der Waals surface area contributed by atoms with Gasteiger partial charge in [0.25, 0.3) is 0 Å². The summed E-state index contributed by atoms with van der Waals surface area (Å²) in [5.74, 6) is 0. The first-order chi connectivity index (χ1) is 12.6. The summed E-state index contributed by atoms with van der Waals surface area (Å²) in [6, 6.07) is 14.4. The Labute approximate surface area is 160 Å². The van der Waals surface area contributed by atoms with Crippen LogP contribution >= 0.6 is 12.2 Å². The molecule has 1 heterocycles. The van der Waals surface area contributed by atoms with Crippen molar-refractivity contribution >= 4 is 34.9 Å². The molecule has 0 radical (unpaired) electrons. The van der Waals surface area contributed by atoms with Gasteiger partial charge in [0.05, 0.1) is 19.4 Å². The molecule has 6 heteroatoms. The molecule has 3 rings (SSSR count). The van der Waals surface area contributed by atoms with Gasteiger partial charge in [0.2, 0.25) is 0 Å². The zero-order valence-electron chi connectivity index (χ0n) is 15.2. The van der Waals surface area contributed by atoms with Gasteiger partial charge in [-0.3, -0.25) is 5.43 Å². The number of thiocarbonyl (C=S) groups is 1. The van der Waals surface area contributed by atoms with Gasteiger partial charge in [-0.15, -0.1) is 0 Å². The smallest absolute Gasteiger partial charge is 0.191 e. The Bertz CT molecular complexity index is 783. The van der Waals surface area contributed by atoms with E-state index in [2.05, 4.69) is 64.9 Å². The number of anilines is 2. The van der Waals surface area contributed by atoms with E-state index in [-0.39, 0.29) is 0 Å². The molecular weight excluding hydrogens is 344 g/mol. The molecule has 0 aromatic heterocycles. The number of rotatable bonds is 4. The Hall–Kier alpha value is -2.44. The molecule has 1 saturated heterocycles. The average molecular weight is 369 g/mol. The molecular formula is C20H24N4OS. The van der Waals surface area contributed by atoms with E-state index in [0.717, 1.165) is 37.6 Å². The lowest BCUT2D eigenvalue weighted by Gasteiger charge is -2.28. The molecule has 0 unspecified atom stereocenters. The molecule has 0 bridgehead atoms. The highest BCUT2D eigenvalue weighted by Crippen LogP contribution is 2.18. The van der Waals surface area contributed by atoms with Crippen molar-refractivity contribution in [2.45, 2.75) is 13.8 Å². The molecule has 26 heavy (non-hydrogen) atoms. The van der Waals surface area contributed by atoms with E-state index >= 15 is 0 Å². The fraction of sp³-hybridized carbons (Fsp3) is 0.300. The second kappa shape index (κ2) is 8.78. The van der Waals surface area contributed by atoms with Crippen LogP contribution in [0.2, 0.25) is 0 Å². The van der Waals surface area contributed by atoms with Gasteiger partial charge >= 0.3 is 0 Å². The first kappa shape index (κ1) is 18.4. The fourth-order valence-electron chi connectivity index (χ4n) is 2.79. The molecule has 0 aliphatic carbocycles. The molecule has 2 aromatic rings. The normalized spacial score (nSPS) is 14.5. The zero-order valence-corrected chi connectivity index (χ0v) is 16.0. The minimum Gasteiger partial charge on any atom is -0.378 e. The van der Waals surface area contributed by atoms with Crippen LogP contribution in [-0.4, -0.2) is 37.6 Å². The van der Waals surface area contributed by atoms with Crippen molar-refractivity contribution in [3.8, 4) is 0 Å². The van der Waals surface area contributed by atoms with Crippen LogP contribution in [0.4, 0.5) is 11.4 Å². The third-order valence-corrected chi connectivity index (χ3v) is 4.70. The lowest BCUT2D eigenvalue weighted by molar-refractivity contribution is 0.122. The first-order valence-corrected chi connectivity index (χ1v) is 9.13. The van der Waals surface area contributed by atoms with E-state index in [4.69, 9.17) is 17.0 Å². The monoisotopic (exact) mass is 368 g/mol. The molecule has 5 nitrogen and oxygen atoms in total. The van der Waals surface area contributed by atoms with E-state index in [0.29, 0.717) is 5.11 Å². The number of hydrogen-bond acceptors (Lipinski definition) is 4. The number of morpholine rings is 1. The van der Waals surface area contributed by atoms with Crippen LogP contribution in [0, 0.1) is 13.8 Å². The molecule has 0 amide bonds. The van der Waals surface area contributed by atoms with Gasteiger partial charge in [-0.1, -0.05) is 24.3 Å². The SMILES string of the molecule is Cc1cccc(NC(=S)NN=Cc2ccc(N3CCOCC3)cc2)c1C. The number of ether oxygens (including phenoxy) is 1. The zero-order chi connectivity index (χ0) is 18.4. The van der Waals surface area contributed by atoms with Gasteiger partial charge in [-0.05, 0) is 61.0 Å². The second-order valence-corrected chi connectivity index (χ2v) is 6.67. The lowest BCUT2D eigenvalue weighted by Crippen LogP contribution is -2.36. The summed E-state index contributed by atoms with van der Waals surface area (Å²) in [6.45, 7) is 7.60. The Kier molecular flexibility index (Phi) is 6.20. The molecule has 1 fully saturated rings. The third kappa shape index (κ3) is 4.80. The maximum Gasteiger partial charge on any atom is 0.191 e. The Morgan fingerprint density at radius 3 is 2.58 bits per heavy atom. The largest absolute Gasteiger partial charge is 0.378 e. The quantitative estimate of drug-likeness (QED) is 0.492. The van der Waals surface area contributed by atoms with Crippen molar-refractivity contribution in [3.05, 3.63) is 59.2 Å². The molecule has 0 atom stereocenters. The van der Waals surface area contributed by atoms with Crippen molar-refractivity contribution in [3.63, 3.8) is 0 Å². The van der Waals surface area contributed by atoms with Crippen molar-refractivity contribution in [2.75, 3.05) is 36.5 Å².